The lowest BCUT2D eigenvalue weighted by molar-refractivity contribution is -0.384. The molecule has 0 radical (unpaired) electrons. The lowest BCUT2D eigenvalue weighted by Gasteiger charge is -2.19. The van der Waals surface area contributed by atoms with E-state index in [0.29, 0.717) is 27.7 Å². The Morgan fingerprint density at radius 3 is 2.26 bits per heavy atom. The summed E-state index contributed by atoms with van der Waals surface area (Å²) in [6.45, 7) is 1.54. The predicted octanol–water partition coefficient (Wildman–Crippen LogP) is 4.77. The molecule has 198 valence electrons. The molecule has 4 rings (SSSR count). The van der Waals surface area contributed by atoms with Gasteiger partial charge in [-0.2, -0.15) is 0 Å². The van der Waals surface area contributed by atoms with Crippen molar-refractivity contribution >= 4 is 48.1 Å². The highest BCUT2D eigenvalue weighted by Gasteiger charge is 2.25. The number of amides is 1. The molecule has 0 saturated carbocycles. The first kappa shape index (κ1) is 26.8. The van der Waals surface area contributed by atoms with Crippen molar-refractivity contribution in [2.75, 3.05) is 25.3 Å². The molecule has 3 aromatic carbocycles. The second-order valence-corrected chi connectivity index (χ2v) is 11.2. The van der Waals surface area contributed by atoms with E-state index in [1.807, 2.05) is 0 Å². The number of hydrogen-bond acceptors (Lipinski definition) is 10. The zero-order valence-electron chi connectivity index (χ0n) is 20.5. The molecule has 0 fully saturated rings. The van der Waals surface area contributed by atoms with Crippen molar-refractivity contribution in [1.29, 1.82) is 0 Å². The quantitative estimate of drug-likeness (QED) is 0.215. The van der Waals surface area contributed by atoms with Gasteiger partial charge in [0, 0.05) is 29.8 Å². The summed E-state index contributed by atoms with van der Waals surface area (Å²) in [5.41, 5.74) is 0.832. The molecule has 0 aliphatic carbocycles. The molecular formula is C25H23N3O8S2. The van der Waals surface area contributed by atoms with Gasteiger partial charge in [-0.15, -0.1) is 0 Å². The SMILES string of the molecule is CCS(=O)(=O)c1ccc(C(Oc2ccc([N+](=O)[O-])cc2)C(=O)Nc2nc3cc(OC)c(OC)cc3s2)cc1. The topological polar surface area (TPSA) is 147 Å². The van der Waals surface area contributed by atoms with Crippen molar-refractivity contribution < 1.29 is 32.3 Å². The number of carbonyl (C=O) groups excluding carboxylic acids is 1. The number of thiazole rings is 1. The Morgan fingerprint density at radius 2 is 1.68 bits per heavy atom. The van der Waals surface area contributed by atoms with Gasteiger partial charge >= 0.3 is 0 Å². The van der Waals surface area contributed by atoms with Crippen molar-refractivity contribution in [1.82, 2.24) is 4.98 Å². The number of ether oxygens (including phenoxy) is 3. The summed E-state index contributed by atoms with van der Waals surface area (Å²) in [6.07, 6.45) is -1.22. The first-order chi connectivity index (χ1) is 18.1. The second kappa shape index (κ2) is 11.0. The maximum absolute atomic E-state index is 13.4. The summed E-state index contributed by atoms with van der Waals surface area (Å²) >= 11 is 1.22. The van der Waals surface area contributed by atoms with Crippen molar-refractivity contribution in [2.24, 2.45) is 0 Å². The van der Waals surface area contributed by atoms with Gasteiger partial charge in [-0.1, -0.05) is 30.4 Å². The molecule has 0 aliphatic rings. The highest BCUT2D eigenvalue weighted by molar-refractivity contribution is 7.91. The average molecular weight is 558 g/mol. The van der Waals surface area contributed by atoms with Crippen molar-refractivity contribution in [3.05, 3.63) is 76.3 Å². The van der Waals surface area contributed by atoms with Crippen LogP contribution in [0.3, 0.4) is 0 Å². The summed E-state index contributed by atoms with van der Waals surface area (Å²) in [7, 11) is -0.413. The van der Waals surface area contributed by atoms with Crippen molar-refractivity contribution in [2.45, 2.75) is 17.9 Å². The van der Waals surface area contributed by atoms with Crippen LogP contribution in [0.15, 0.2) is 65.6 Å². The molecule has 0 bridgehead atoms. The van der Waals surface area contributed by atoms with Crippen LogP contribution in [-0.2, 0) is 14.6 Å². The van der Waals surface area contributed by atoms with Gasteiger partial charge in [-0.25, -0.2) is 13.4 Å². The number of nitrogens with one attached hydrogen (secondary N) is 1. The first-order valence-corrected chi connectivity index (χ1v) is 13.7. The number of anilines is 1. The number of non-ortho nitro benzene ring substituents is 1. The minimum absolute atomic E-state index is 0.0667. The lowest BCUT2D eigenvalue weighted by Crippen LogP contribution is -2.25. The fourth-order valence-corrected chi connectivity index (χ4v) is 5.31. The van der Waals surface area contributed by atoms with E-state index in [2.05, 4.69) is 10.3 Å². The Bertz CT molecular complexity index is 1540. The van der Waals surface area contributed by atoms with Crippen LogP contribution in [0.5, 0.6) is 17.2 Å². The van der Waals surface area contributed by atoms with Crippen LogP contribution in [-0.4, -0.2) is 44.2 Å². The molecule has 1 heterocycles. The highest BCUT2D eigenvalue weighted by Crippen LogP contribution is 2.36. The number of benzene rings is 3. The zero-order chi connectivity index (χ0) is 27.4. The van der Waals surface area contributed by atoms with Gasteiger partial charge in [0.05, 0.1) is 40.0 Å². The summed E-state index contributed by atoms with van der Waals surface area (Å²) in [4.78, 5) is 28.4. The molecule has 0 aliphatic heterocycles. The van der Waals surface area contributed by atoms with E-state index in [-0.39, 0.29) is 22.1 Å². The highest BCUT2D eigenvalue weighted by atomic mass is 32.2. The van der Waals surface area contributed by atoms with Crippen molar-refractivity contribution in [3.63, 3.8) is 0 Å². The second-order valence-electron chi connectivity index (χ2n) is 7.90. The largest absolute Gasteiger partial charge is 0.493 e. The molecule has 1 atom stereocenters. The molecular weight excluding hydrogens is 534 g/mol. The average Bonchev–Trinajstić information content (AvgIpc) is 3.31. The fraction of sp³-hybridized carbons (Fsp3) is 0.200. The van der Waals surface area contributed by atoms with Crippen LogP contribution >= 0.6 is 11.3 Å². The Kier molecular flexibility index (Phi) is 7.78. The summed E-state index contributed by atoms with van der Waals surface area (Å²) in [5, 5.41) is 14.0. The third kappa shape index (κ3) is 5.68. The standard InChI is InChI=1S/C25H23N3O8S2/c1-4-38(32,33)18-11-5-15(6-12-18)23(36-17-9-7-16(8-10-17)28(30)31)24(29)27-25-26-19-13-20(34-2)21(35-3)14-22(19)37-25/h5-14,23H,4H2,1-3H3,(H,26,27,29). The van der Waals surface area contributed by atoms with Gasteiger partial charge < -0.3 is 14.2 Å². The van der Waals surface area contributed by atoms with Crippen LogP contribution in [0.2, 0.25) is 0 Å². The molecule has 13 heteroatoms. The van der Waals surface area contributed by atoms with Gasteiger partial charge in [0.25, 0.3) is 11.6 Å². The summed E-state index contributed by atoms with van der Waals surface area (Å²) in [5.74, 6) is 0.572. The number of methoxy groups -OCH3 is 2. The van der Waals surface area contributed by atoms with Crippen LogP contribution in [0.1, 0.15) is 18.6 Å². The van der Waals surface area contributed by atoms with Gasteiger partial charge in [0.15, 0.2) is 26.5 Å². The van der Waals surface area contributed by atoms with Gasteiger partial charge in [0.2, 0.25) is 6.10 Å². The van der Waals surface area contributed by atoms with E-state index in [1.54, 1.807) is 19.1 Å². The lowest BCUT2D eigenvalue weighted by atomic mass is 10.1. The Morgan fingerprint density at radius 1 is 1.05 bits per heavy atom. The fourth-order valence-electron chi connectivity index (χ4n) is 3.55. The van der Waals surface area contributed by atoms with Crippen LogP contribution in [0.25, 0.3) is 10.2 Å². The number of rotatable bonds is 10. The minimum atomic E-state index is -3.44. The summed E-state index contributed by atoms with van der Waals surface area (Å²) in [6, 6.07) is 14.5. The molecule has 11 nitrogen and oxygen atoms in total. The summed E-state index contributed by atoms with van der Waals surface area (Å²) < 4.78 is 41.7. The monoisotopic (exact) mass is 557 g/mol. The van der Waals surface area contributed by atoms with Crippen LogP contribution in [0, 0.1) is 10.1 Å². The Labute approximate surface area is 222 Å². The maximum atomic E-state index is 13.4. The first-order valence-electron chi connectivity index (χ1n) is 11.2. The van der Waals surface area contributed by atoms with Crippen molar-refractivity contribution in [3.8, 4) is 17.2 Å². The number of hydrogen-bond donors (Lipinski definition) is 1. The van der Waals surface area contributed by atoms with Gasteiger partial charge in [-0.05, 0) is 24.3 Å². The molecule has 1 N–H and O–H groups in total. The number of sulfone groups is 1. The smallest absolute Gasteiger partial charge is 0.271 e. The Balaban J connectivity index is 1.66. The zero-order valence-corrected chi connectivity index (χ0v) is 22.2. The molecule has 1 aromatic heterocycles. The predicted molar refractivity (Wildman–Crippen MR) is 142 cm³/mol. The Hall–Kier alpha value is -4.23. The number of nitrogens with zero attached hydrogens (tertiary/aromatic N) is 2. The molecule has 1 amide bonds. The number of carbonyl (C=O) groups is 1. The molecule has 38 heavy (non-hydrogen) atoms. The van der Waals surface area contributed by atoms with E-state index in [4.69, 9.17) is 14.2 Å². The van der Waals surface area contributed by atoms with E-state index in [9.17, 15) is 23.3 Å². The van der Waals surface area contributed by atoms with Gasteiger partial charge in [0.1, 0.15) is 5.75 Å². The number of nitro groups is 1. The number of fused-ring (bicyclic) bond motifs is 1. The molecule has 0 saturated heterocycles. The van der Waals surface area contributed by atoms with Crippen LogP contribution < -0.4 is 19.5 Å². The normalized spacial score (nSPS) is 12.1. The minimum Gasteiger partial charge on any atom is -0.493 e. The van der Waals surface area contributed by atoms with E-state index >= 15 is 0 Å². The molecule has 1 unspecified atom stereocenters. The van der Waals surface area contributed by atoms with E-state index in [0.717, 1.165) is 4.70 Å². The third-order valence-electron chi connectivity index (χ3n) is 5.59. The molecule has 0 spiro atoms. The maximum Gasteiger partial charge on any atom is 0.271 e. The van der Waals surface area contributed by atoms with E-state index < -0.39 is 26.8 Å². The molecule has 4 aromatic rings. The number of nitro benzene ring substituents is 1. The number of aromatic nitrogens is 1. The third-order valence-corrected chi connectivity index (χ3v) is 8.27. The van der Waals surface area contributed by atoms with Crippen LogP contribution in [0.4, 0.5) is 10.8 Å². The van der Waals surface area contributed by atoms with Gasteiger partial charge in [-0.3, -0.25) is 20.2 Å². The van der Waals surface area contributed by atoms with E-state index in [1.165, 1.54) is 74.1 Å².